The standard InChI is InChI=1S/C7H7BClNO3S/c9-6-2-1-5(3-7(6)14-10)8(12)13-4-11/h1-4,12H,10H2. The van der Waals surface area contributed by atoms with E-state index in [2.05, 4.69) is 4.65 Å². The number of hydrogen-bond donors (Lipinski definition) is 2. The van der Waals surface area contributed by atoms with Gasteiger partial charge in [-0.05, 0) is 29.5 Å². The lowest BCUT2D eigenvalue weighted by molar-refractivity contribution is -0.121. The van der Waals surface area contributed by atoms with Gasteiger partial charge in [0.2, 0.25) is 0 Å². The first kappa shape index (κ1) is 11.4. The van der Waals surface area contributed by atoms with Gasteiger partial charge < -0.3 is 9.68 Å². The maximum atomic E-state index is 9.97. The second-order valence-electron chi connectivity index (χ2n) is 2.39. The zero-order valence-electron chi connectivity index (χ0n) is 7.01. The molecule has 14 heavy (non-hydrogen) atoms. The van der Waals surface area contributed by atoms with Gasteiger partial charge in [0.15, 0.2) is 0 Å². The minimum Gasteiger partial charge on any atom is -0.508 e. The predicted octanol–water partition coefficient (Wildman–Crippen LogP) is 0.166. The summed E-state index contributed by atoms with van der Waals surface area (Å²) in [6.07, 6.45) is 0. The molecule has 0 fully saturated rings. The Bertz CT molecular complexity index is 339. The first-order chi connectivity index (χ1) is 6.69. The molecule has 4 nitrogen and oxygen atoms in total. The van der Waals surface area contributed by atoms with Crippen LogP contribution in [0.3, 0.4) is 0 Å². The van der Waals surface area contributed by atoms with Crippen LogP contribution in [0.25, 0.3) is 0 Å². The normalized spacial score (nSPS) is 9.64. The summed E-state index contributed by atoms with van der Waals surface area (Å²) in [7, 11) is -1.28. The molecule has 3 N–H and O–H groups in total. The fourth-order valence-electron chi connectivity index (χ4n) is 0.895. The summed E-state index contributed by atoms with van der Waals surface area (Å²) in [4.78, 5) is 10.6. The molecule has 0 atom stereocenters. The number of hydrogen-bond acceptors (Lipinski definition) is 5. The molecule has 0 amide bonds. The molecule has 1 aromatic rings. The van der Waals surface area contributed by atoms with Gasteiger partial charge in [-0.15, -0.1) is 0 Å². The van der Waals surface area contributed by atoms with E-state index in [1.807, 2.05) is 0 Å². The van der Waals surface area contributed by atoms with Gasteiger partial charge in [0, 0.05) is 4.90 Å². The number of rotatable bonds is 4. The zero-order chi connectivity index (χ0) is 10.6. The molecule has 0 saturated heterocycles. The van der Waals surface area contributed by atoms with E-state index in [4.69, 9.17) is 16.7 Å². The van der Waals surface area contributed by atoms with Crippen LogP contribution >= 0.6 is 23.5 Å². The van der Waals surface area contributed by atoms with Gasteiger partial charge in [-0.2, -0.15) is 0 Å². The van der Waals surface area contributed by atoms with Gasteiger partial charge in [0.1, 0.15) is 0 Å². The van der Waals surface area contributed by atoms with Crippen molar-refractivity contribution in [3.8, 4) is 0 Å². The fourth-order valence-corrected chi connectivity index (χ4v) is 1.53. The van der Waals surface area contributed by atoms with Gasteiger partial charge in [-0.1, -0.05) is 17.7 Å². The molecule has 0 aliphatic heterocycles. The number of benzene rings is 1. The highest BCUT2D eigenvalue weighted by Gasteiger charge is 2.18. The Labute approximate surface area is 90.7 Å². The van der Waals surface area contributed by atoms with E-state index >= 15 is 0 Å². The van der Waals surface area contributed by atoms with Crippen LogP contribution < -0.4 is 10.6 Å². The van der Waals surface area contributed by atoms with Gasteiger partial charge in [-0.25, -0.2) is 0 Å². The van der Waals surface area contributed by atoms with E-state index in [1.165, 1.54) is 0 Å². The Morgan fingerprint density at radius 1 is 1.64 bits per heavy atom. The third-order valence-electron chi connectivity index (χ3n) is 1.55. The molecule has 1 rings (SSSR count). The Kier molecular flexibility index (Phi) is 4.28. The lowest BCUT2D eigenvalue weighted by Crippen LogP contribution is -2.33. The third-order valence-corrected chi connectivity index (χ3v) is 2.59. The Morgan fingerprint density at radius 3 is 2.93 bits per heavy atom. The molecule has 0 aliphatic rings. The monoisotopic (exact) mass is 231 g/mol. The van der Waals surface area contributed by atoms with Gasteiger partial charge in [-0.3, -0.25) is 9.93 Å². The van der Waals surface area contributed by atoms with Gasteiger partial charge >= 0.3 is 7.12 Å². The topological polar surface area (TPSA) is 72.6 Å². The molecule has 0 saturated carbocycles. The summed E-state index contributed by atoms with van der Waals surface area (Å²) in [5.41, 5.74) is 0.425. The van der Waals surface area contributed by atoms with Crippen LogP contribution in [-0.4, -0.2) is 18.6 Å². The SMILES string of the molecule is NSc1cc(B(O)OC=O)ccc1Cl. The lowest BCUT2D eigenvalue weighted by Gasteiger charge is -2.06. The second kappa shape index (κ2) is 5.26. The first-order valence-electron chi connectivity index (χ1n) is 3.62. The Balaban J connectivity index is 2.93. The van der Waals surface area contributed by atoms with Crippen molar-refractivity contribution < 1.29 is 14.5 Å². The highest BCUT2D eigenvalue weighted by atomic mass is 35.5. The molecule has 0 unspecified atom stereocenters. The molecule has 0 bridgehead atoms. The molecule has 0 spiro atoms. The molecule has 0 radical (unpaired) electrons. The van der Waals surface area contributed by atoms with Crippen molar-refractivity contribution >= 4 is 42.6 Å². The van der Waals surface area contributed by atoms with Crippen molar-refractivity contribution in [2.24, 2.45) is 5.14 Å². The molecular weight excluding hydrogens is 224 g/mol. The maximum Gasteiger partial charge on any atom is 0.561 e. The van der Waals surface area contributed by atoms with Gasteiger partial charge in [0.05, 0.1) is 5.02 Å². The summed E-state index contributed by atoms with van der Waals surface area (Å²) in [6, 6.07) is 4.68. The van der Waals surface area contributed by atoms with E-state index < -0.39 is 7.12 Å². The zero-order valence-corrected chi connectivity index (χ0v) is 8.59. The van der Waals surface area contributed by atoms with Crippen molar-refractivity contribution in [3.63, 3.8) is 0 Å². The fraction of sp³-hybridized carbons (Fsp3) is 0. The van der Waals surface area contributed by atoms with Crippen LogP contribution in [0.2, 0.25) is 5.02 Å². The van der Waals surface area contributed by atoms with Crippen LogP contribution in [0.4, 0.5) is 0 Å². The van der Waals surface area contributed by atoms with E-state index in [0.29, 0.717) is 15.4 Å². The Hall–Kier alpha value is -0.685. The minimum atomic E-state index is -1.28. The second-order valence-corrected chi connectivity index (χ2v) is 3.48. The highest BCUT2D eigenvalue weighted by Crippen LogP contribution is 2.21. The molecule has 0 heterocycles. The van der Waals surface area contributed by atoms with E-state index in [0.717, 1.165) is 11.9 Å². The van der Waals surface area contributed by atoms with Crippen molar-refractivity contribution in [2.75, 3.05) is 0 Å². The summed E-state index contributed by atoms with van der Waals surface area (Å²) in [6.45, 7) is 0.175. The van der Waals surface area contributed by atoms with Crippen molar-refractivity contribution in [3.05, 3.63) is 23.2 Å². The predicted molar refractivity (Wildman–Crippen MR) is 56.3 cm³/mol. The Morgan fingerprint density at radius 2 is 2.36 bits per heavy atom. The van der Waals surface area contributed by atoms with Crippen LogP contribution in [-0.2, 0) is 9.45 Å². The molecule has 0 aromatic heterocycles. The number of carbonyl (C=O) groups is 1. The van der Waals surface area contributed by atoms with Crippen LogP contribution in [0, 0.1) is 0 Å². The lowest BCUT2D eigenvalue weighted by atomic mass is 9.80. The minimum absolute atomic E-state index is 0.175. The van der Waals surface area contributed by atoms with Crippen molar-refractivity contribution in [2.45, 2.75) is 4.90 Å². The van der Waals surface area contributed by atoms with Crippen molar-refractivity contribution in [1.29, 1.82) is 0 Å². The third kappa shape index (κ3) is 2.65. The summed E-state index contributed by atoms with van der Waals surface area (Å²) in [5.74, 6) is 0. The maximum absolute atomic E-state index is 9.97. The van der Waals surface area contributed by atoms with Gasteiger partial charge in [0.25, 0.3) is 6.47 Å². The summed E-state index contributed by atoms with van der Waals surface area (Å²) >= 11 is 6.74. The van der Waals surface area contributed by atoms with E-state index in [9.17, 15) is 9.82 Å². The molecule has 7 heteroatoms. The molecule has 1 aromatic carbocycles. The number of halogens is 1. The number of nitrogens with two attached hydrogens (primary N) is 1. The highest BCUT2D eigenvalue weighted by molar-refractivity contribution is 7.97. The first-order valence-corrected chi connectivity index (χ1v) is 4.88. The van der Waals surface area contributed by atoms with Crippen LogP contribution in [0.15, 0.2) is 23.1 Å². The summed E-state index contributed by atoms with van der Waals surface area (Å²) in [5, 5.41) is 15.1. The molecule has 0 aliphatic carbocycles. The molecule has 74 valence electrons. The van der Waals surface area contributed by atoms with E-state index in [1.54, 1.807) is 18.2 Å². The number of carbonyl (C=O) groups excluding carboxylic acids is 1. The van der Waals surface area contributed by atoms with Crippen molar-refractivity contribution in [1.82, 2.24) is 0 Å². The van der Waals surface area contributed by atoms with E-state index in [-0.39, 0.29) is 6.47 Å². The summed E-state index contributed by atoms with van der Waals surface area (Å²) < 4.78 is 4.35. The van der Waals surface area contributed by atoms with Crippen LogP contribution in [0.1, 0.15) is 0 Å². The molecular formula is C7H7BClNO3S. The average molecular weight is 231 g/mol. The average Bonchev–Trinajstić information content (AvgIpc) is 2.19. The largest absolute Gasteiger partial charge is 0.561 e. The quantitative estimate of drug-likeness (QED) is 0.439. The smallest absolute Gasteiger partial charge is 0.508 e. The van der Waals surface area contributed by atoms with Crippen LogP contribution in [0.5, 0.6) is 0 Å².